The average Bonchev–Trinajstić information content (AvgIpc) is 2.36. The number of likely N-dealkylation sites (N-methyl/N-ethyl adjacent to an activating group) is 1. The standard InChI is InChI=1S/C15H33N3O2/c1-7-16-15(3,14(19)20-8-2)10-13-18(6)12-9-11-17(4)5/h16H,7-13H2,1-6H3. The Balaban J connectivity index is 4.22. The lowest BCUT2D eigenvalue weighted by atomic mass is 9.97. The molecule has 0 saturated carbocycles. The molecule has 0 heterocycles. The Morgan fingerprint density at radius 3 is 2.30 bits per heavy atom. The maximum Gasteiger partial charge on any atom is 0.326 e. The van der Waals surface area contributed by atoms with Gasteiger partial charge >= 0.3 is 5.97 Å². The van der Waals surface area contributed by atoms with E-state index in [0.717, 1.165) is 39.0 Å². The molecule has 0 bridgehead atoms. The number of rotatable bonds is 11. The highest BCUT2D eigenvalue weighted by molar-refractivity contribution is 5.80. The fourth-order valence-electron chi connectivity index (χ4n) is 2.13. The van der Waals surface area contributed by atoms with Gasteiger partial charge in [0.25, 0.3) is 0 Å². The quantitative estimate of drug-likeness (QED) is 0.578. The van der Waals surface area contributed by atoms with Gasteiger partial charge in [0.05, 0.1) is 6.61 Å². The molecule has 0 aromatic carbocycles. The van der Waals surface area contributed by atoms with Crippen LogP contribution in [-0.2, 0) is 9.53 Å². The van der Waals surface area contributed by atoms with Gasteiger partial charge < -0.3 is 19.9 Å². The Morgan fingerprint density at radius 1 is 1.15 bits per heavy atom. The summed E-state index contributed by atoms with van der Waals surface area (Å²) in [5.74, 6) is -0.149. The molecule has 0 saturated heterocycles. The smallest absolute Gasteiger partial charge is 0.326 e. The normalized spacial score (nSPS) is 14.6. The fraction of sp³-hybridized carbons (Fsp3) is 0.933. The van der Waals surface area contributed by atoms with Gasteiger partial charge in [0.1, 0.15) is 5.54 Å². The highest BCUT2D eigenvalue weighted by atomic mass is 16.5. The molecule has 0 amide bonds. The molecule has 1 N–H and O–H groups in total. The van der Waals surface area contributed by atoms with E-state index in [9.17, 15) is 4.79 Å². The third kappa shape index (κ3) is 7.82. The van der Waals surface area contributed by atoms with Gasteiger partial charge in [-0.25, -0.2) is 0 Å². The summed E-state index contributed by atoms with van der Waals surface area (Å²) in [7, 11) is 6.28. The Labute approximate surface area is 124 Å². The van der Waals surface area contributed by atoms with E-state index in [1.165, 1.54) is 0 Å². The van der Waals surface area contributed by atoms with Crippen LogP contribution in [0.15, 0.2) is 0 Å². The number of nitrogens with one attached hydrogen (secondary N) is 1. The van der Waals surface area contributed by atoms with Crippen LogP contribution >= 0.6 is 0 Å². The minimum atomic E-state index is -0.583. The predicted octanol–water partition coefficient (Wildman–Crippen LogP) is 1.19. The van der Waals surface area contributed by atoms with Gasteiger partial charge in [0, 0.05) is 6.54 Å². The van der Waals surface area contributed by atoms with Crippen molar-refractivity contribution in [3.8, 4) is 0 Å². The van der Waals surface area contributed by atoms with E-state index in [1.54, 1.807) is 0 Å². The molecule has 0 spiro atoms. The molecule has 5 heteroatoms. The molecule has 0 rings (SSSR count). The summed E-state index contributed by atoms with van der Waals surface area (Å²) >= 11 is 0. The molecule has 1 atom stereocenters. The van der Waals surface area contributed by atoms with E-state index in [-0.39, 0.29) is 5.97 Å². The number of carbonyl (C=O) groups is 1. The largest absolute Gasteiger partial charge is 0.465 e. The van der Waals surface area contributed by atoms with Crippen LogP contribution in [0.4, 0.5) is 0 Å². The van der Waals surface area contributed by atoms with Crippen molar-refractivity contribution in [2.45, 2.75) is 39.2 Å². The van der Waals surface area contributed by atoms with E-state index in [2.05, 4.69) is 36.3 Å². The van der Waals surface area contributed by atoms with Crippen molar-refractivity contribution in [3.05, 3.63) is 0 Å². The Morgan fingerprint density at radius 2 is 1.80 bits per heavy atom. The third-order valence-electron chi connectivity index (χ3n) is 3.43. The highest BCUT2D eigenvalue weighted by Crippen LogP contribution is 2.13. The van der Waals surface area contributed by atoms with E-state index < -0.39 is 5.54 Å². The monoisotopic (exact) mass is 287 g/mol. The van der Waals surface area contributed by atoms with E-state index >= 15 is 0 Å². The molecule has 0 aliphatic carbocycles. The van der Waals surface area contributed by atoms with Crippen LogP contribution < -0.4 is 5.32 Å². The fourth-order valence-corrected chi connectivity index (χ4v) is 2.13. The van der Waals surface area contributed by atoms with Crippen LogP contribution in [0.5, 0.6) is 0 Å². The second-order valence-electron chi connectivity index (χ2n) is 5.79. The number of hydrogen-bond donors (Lipinski definition) is 1. The molecule has 20 heavy (non-hydrogen) atoms. The molecule has 0 aliphatic heterocycles. The van der Waals surface area contributed by atoms with Gasteiger partial charge in [0.2, 0.25) is 0 Å². The van der Waals surface area contributed by atoms with Crippen molar-refractivity contribution < 1.29 is 9.53 Å². The number of esters is 1. The summed E-state index contributed by atoms with van der Waals surface area (Å²) in [6, 6.07) is 0. The second kappa shape index (κ2) is 10.1. The first-order valence-electron chi connectivity index (χ1n) is 7.61. The third-order valence-corrected chi connectivity index (χ3v) is 3.43. The summed E-state index contributed by atoms with van der Waals surface area (Å²) < 4.78 is 5.18. The topological polar surface area (TPSA) is 44.8 Å². The zero-order valence-electron chi connectivity index (χ0n) is 14.2. The van der Waals surface area contributed by atoms with E-state index in [0.29, 0.717) is 6.61 Å². The average molecular weight is 287 g/mol. The van der Waals surface area contributed by atoms with Crippen LogP contribution in [-0.4, -0.2) is 75.2 Å². The molecule has 0 aromatic rings. The van der Waals surface area contributed by atoms with Gasteiger partial charge in [-0.3, -0.25) is 4.79 Å². The summed E-state index contributed by atoms with van der Waals surface area (Å²) in [5.41, 5.74) is -0.583. The van der Waals surface area contributed by atoms with Gasteiger partial charge in [-0.15, -0.1) is 0 Å². The Kier molecular flexibility index (Phi) is 9.80. The van der Waals surface area contributed by atoms with Crippen molar-refractivity contribution >= 4 is 5.97 Å². The molecule has 5 nitrogen and oxygen atoms in total. The van der Waals surface area contributed by atoms with Gasteiger partial charge in [-0.1, -0.05) is 6.92 Å². The summed E-state index contributed by atoms with van der Waals surface area (Å²) in [4.78, 5) is 16.5. The SMILES string of the molecule is CCNC(C)(CCN(C)CCCN(C)C)C(=O)OCC. The van der Waals surface area contributed by atoms with Gasteiger partial charge in [-0.05, 0) is 67.5 Å². The van der Waals surface area contributed by atoms with Crippen LogP contribution in [0.1, 0.15) is 33.6 Å². The lowest BCUT2D eigenvalue weighted by Gasteiger charge is -2.30. The molecule has 0 aliphatic rings. The van der Waals surface area contributed by atoms with E-state index in [1.807, 2.05) is 20.8 Å². The van der Waals surface area contributed by atoms with Gasteiger partial charge in [0.15, 0.2) is 0 Å². The van der Waals surface area contributed by atoms with Crippen molar-refractivity contribution in [2.24, 2.45) is 0 Å². The first kappa shape index (κ1) is 19.4. The first-order valence-corrected chi connectivity index (χ1v) is 7.61. The number of carbonyl (C=O) groups excluding carboxylic acids is 1. The summed E-state index contributed by atoms with van der Waals surface area (Å²) in [6.45, 7) is 10.0. The lowest BCUT2D eigenvalue weighted by molar-refractivity contribution is -0.150. The summed E-state index contributed by atoms with van der Waals surface area (Å²) in [5, 5.41) is 3.26. The maximum absolute atomic E-state index is 12.1. The Bertz CT molecular complexity index is 272. The summed E-state index contributed by atoms with van der Waals surface area (Å²) in [6.07, 6.45) is 1.90. The van der Waals surface area contributed by atoms with E-state index in [4.69, 9.17) is 4.74 Å². The molecule has 0 aromatic heterocycles. The van der Waals surface area contributed by atoms with Crippen LogP contribution in [0, 0.1) is 0 Å². The number of ether oxygens (including phenoxy) is 1. The number of hydrogen-bond acceptors (Lipinski definition) is 5. The molecular weight excluding hydrogens is 254 g/mol. The van der Waals surface area contributed by atoms with Gasteiger partial charge in [-0.2, -0.15) is 0 Å². The Hall–Kier alpha value is -0.650. The molecular formula is C15H33N3O2. The second-order valence-corrected chi connectivity index (χ2v) is 5.79. The van der Waals surface area contributed by atoms with Crippen LogP contribution in [0.25, 0.3) is 0 Å². The molecule has 0 fully saturated rings. The minimum absolute atomic E-state index is 0.149. The first-order chi connectivity index (χ1) is 9.35. The van der Waals surface area contributed by atoms with Crippen molar-refractivity contribution in [3.63, 3.8) is 0 Å². The lowest BCUT2D eigenvalue weighted by Crippen LogP contribution is -2.52. The molecule has 1 unspecified atom stereocenters. The zero-order chi connectivity index (χ0) is 15.6. The van der Waals surface area contributed by atoms with Crippen LogP contribution in [0.3, 0.4) is 0 Å². The van der Waals surface area contributed by atoms with Crippen LogP contribution in [0.2, 0.25) is 0 Å². The van der Waals surface area contributed by atoms with Crippen molar-refractivity contribution in [2.75, 3.05) is 53.9 Å². The minimum Gasteiger partial charge on any atom is -0.465 e. The zero-order valence-corrected chi connectivity index (χ0v) is 14.2. The molecule has 0 radical (unpaired) electrons. The number of nitrogens with zero attached hydrogens (tertiary/aromatic N) is 2. The van der Waals surface area contributed by atoms with Crippen molar-refractivity contribution in [1.29, 1.82) is 0 Å². The predicted molar refractivity (Wildman–Crippen MR) is 84.0 cm³/mol. The van der Waals surface area contributed by atoms with Crippen molar-refractivity contribution in [1.82, 2.24) is 15.1 Å². The maximum atomic E-state index is 12.1. The molecule has 120 valence electrons. The highest BCUT2D eigenvalue weighted by Gasteiger charge is 2.33.